The van der Waals surface area contributed by atoms with Gasteiger partial charge < -0.3 is 10.2 Å². The van der Waals surface area contributed by atoms with E-state index in [0.29, 0.717) is 0 Å². The van der Waals surface area contributed by atoms with E-state index < -0.39 is 0 Å². The predicted octanol–water partition coefficient (Wildman–Crippen LogP) is 5.41. The first-order chi connectivity index (χ1) is 10.1. The number of benzene rings is 1. The summed E-state index contributed by atoms with van der Waals surface area (Å²) in [5.41, 5.74) is 0.927. The van der Waals surface area contributed by atoms with Gasteiger partial charge in [0.05, 0.1) is 0 Å². The average Bonchev–Trinajstić information content (AvgIpc) is 2.55. The summed E-state index contributed by atoms with van der Waals surface area (Å²) >= 11 is 0. The molecule has 1 unspecified atom stereocenters. The fraction of sp³-hybridized carbons (Fsp3) is 0.667. The summed E-state index contributed by atoms with van der Waals surface area (Å²) in [6.45, 7) is 11.6. The molecule has 1 aliphatic heterocycles. The number of rotatable bonds is 1. The van der Waals surface area contributed by atoms with Gasteiger partial charge >= 0.3 is 0 Å². The van der Waals surface area contributed by atoms with Crippen molar-refractivity contribution in [3.8, 4) is 0 Å². The number of nitrogens with one attached hydrogen (secondary N) is 1. The van der Waals surface area contributed by atoms with Crippen molar-refractivity contribution < 1.29 is 4.39 Å². The molecule has 1 N–H and O–H groups in total. The molecule has 0 radical (unpaired) electrons. The molecule has 2 nitrogen and oxygen atoms in total. The normalized spacial score (nSPS) is 17.0. The van der Waals surface area contributed by atoms with Gasteiger partial charge in [-0.3, -0.25) is 0 Å². The third-order valence-electron chi connectivity index (χ3n) is 3.27. The van der Waals surface area contributed by atoms with Crippen LogP contribution in [0.2, 0.25) is 0 Å². The maximum atomic E-state index is 12.2. The van der Waals surface area contributed by atoms with Crippen LogP contribution in [-0.2, 0) is 0 Å². The number of piperidine rings is 1. The van der Waals surface area contributed by atoms with Crippen LogP contribution in [0, 0.1) is 5.82 Å². The Morgan fingerprint density at radius 1 is 1.05 bits per heavy atom. The Hall–Kier alpha value is -1.09. The van der Waals surface area contributed by atoms with E-state index in [4.69, 9.17) is 0 Å². The zero-order valence-electron chi connectivity index (χ0n) is 15.0. The monoisotopic (exact) mass is 298 g/mol. The van der Waals surface area contributed by atoms with Gasteiger partial charge in [-0.25, -0.2) is 4.39 Å². The molecule has 124 valence electrons. The quantitative estimate of drug-likeness (QED) is 0.745. The summed E-state index contributed by atoms with van der Waals surface area (Å²) in [6.07, 6.45) is 4.24. The zero-order chi connectivity index (χ0) is 16.7. The second kappa shape index (κ2) is 15.3. The minimum Gasteiger partial charge on any atom is -0.388 e. The molecule has 0 bridgehead atoms. The van der Waals surface area contributed by atoms with E-state index in [1.165, 1.54) is 37.9 Å². The van der Waals surface area contributed by atoms with Crippen molar-refractivity contribution >= 4 is 5.69 Å². The number of nitrogens with zero attached hydrogens (tertiary/aromatic N) is 1. The van der Waals surface area contributed by atoms with Crippen LogP contribution in [0.5, 0.6) is 0 Å². The van der Waals surface area contributed by atoms with Gasteiger partial charge in [0.2, 0.25) is 0 Å². The van der Waals surface area contributed by atoms with Crippen LogP contribution in [-0.4, -0.2) is 31.6 Å². The second-order valence-electron chi connectivity index (χ2n) is 4.58. The number of likely N-dealkylation sites (tertiary alicyclic amines) is 1. The molecule has 21 heavy (non-hydrogen) atoms. The van der Waals surface area contributed by atoms with Gasteiger partial charge in [0.25, 0.3) is 0 Å². The van der Waals surface area contributed by atoms with Crippen LogP contribution in [0.15, 0.2) is 24.3 Å². The van der Waals surface area contributed by atoms with Crippen LogP contribution in [0.25, 0.3) is 0 Å². The Morgan fingerprint density at radius 3 is 1.90 bits per heavy atom. The molecule has 1 aromatic rings. The lowest BCUT2D eigenvalue weighted by Crippen LogP contribution is -2.33. The first kappa shape index (κ1) is 22.2. The van der Waals surface area contributed by atoms with Crippen molar-refractivity contribution in [2.45, 2.75) is 59.9 Å². The fourth-order valence-corrected chi connectivity index (χ4v) is 1.86. The van der Waals surface area contributed by atoms with Crippen molar-refractivity contribution in [3.63, 3.8) is 0 Å². The first-order valence-electron chi connectivity index (χ1n) is 8.27. The minimum absolute atomic E-state index is 0.200. The Labute approximate surface area is 131 Å². The number of anilines is 1. The Kier molecular flexibility index (Phi) is 16.2. The van der Waals surface area contributed by atoms with E-state index >= 15 is 0 Å². The van der Waals surface area contributed by atoms with Crippen LogP contribution >= 0.6 is 0 Å². The van der Waals surface area contributed by atoms with Crippen molar-refractivity contribution in [2.75, 3.05) is 26.0 Å². The zero-order valence-corrected chi connectivity index (χ0v) is 15.0. The number of halogens is 1. The summed E-state index contributed by atoms with van der Waals surface area (Å²) in [6, 6.07) is 7.06. The van der Waals surface area contributed by atoms with Crippen LogP contribution in [0.1, 0.15) is 53.9 Å². The number of hydrogen-bond acceptors (Lipinski definition) is 2. The Morgan fingerprint density at radius 2 is 1.57 bits per heavy atom. The molecule has 1 aliphatic rings. The highest BCUT2D eigenvalue weighted by Gasteiger charge is 2.12. The molecule has 2 rings (SSSR count). The molecule has 1 fully saturated rings. The molecular formula is C18H35FN2. The lowest BCUT2D eigenvalue weighted by Gasteiger charge is -2.29. The highest BCUT2D eigenvalue weighted by atomic mass is 19.1. The molecular weight excluding hydrogens is 263 g/mol. The maximum Gasteiger partial charge on any atom is 0.123 e. The second-order valence-corrected chi connectivity index (χ2v) is 4.58. The topological polar surface area (TPSA) is 15.3 Å². The van der Waals surface area contributed by atoms with Gasteiger partial charge in [0.15, 0.2) is 0 Å². The van der Waals surface area contributed by atoms with E-state index in [9.17, 15) is 4.39 Å². The molecule has 0 aliphatic carbocycles. The minimum atomic E-state index is -0.200. The fourth-order valence-electron chi connectivity index (χ4n) is 1.86. The smallest absolute Gasteiger partial charge is 0.123 e. The molecule has 1 aromatic carbocycles. The van der Waals surface area contributed by atoms with E-state index in [2.05, 4.69) is 24.2 Å². The average molecular weight is 298 g/mol. The molecule has 0 saturated carbocycles. The highest BCUT2D eigenvalue weighted by Crippen LogP contribution is 2.13. The van der Waals surface area contributed by atoms with Gasteiger partial charge in [-0.15, -0.1) is 0 Å². The standard InChI is InChI=1S/C7H8FN.C7H15N.2C2H6/c1-9-7-4-2-6(8)3-5-7;1-7-5-3-4-6-8(7)2;2*1-2/h2-5,9H,1H3;7H,3-6H2,1-2H3;2*1-2H3. The van der Waals surface area contributed by atoms with E-state index in [1.54, 1.807) is 19.2 Å². The number of hydrogen-bond donors (Lipinski definition) is 1. The summed E-state index contributed by atoms with van der Waals surface area (Å²) in [4.78, 5) is 2.43. The summed E-state index contributed by atoms with van der Waals surface area (Å²) in [7, 11) is 4.01. The van der Waals surface area contributed by atoms with E-state index in [1.807, 2.05) is 27.7 Å². The predicted molar refractivity (Wildman–Crippen MR) is 94.6 cm³/mol. The molecule has 3 heteroatoms. The molecule has 0 spiro atoms. The Balaban J connectivity index is 0. The van der Waals surface area contributed by atoms with Crippen LogP contribution in [0.4, 0.5) is 10.1 Å². The molecule has 1 saturated heterocycles. The third-order valence-corrected chi connectivity index (χ3v) is 3.27. The van der Waals surface area contributed by atoms with Crippen LogP contribution < -0.4 is 5.32 Å². The molecule has 0 amide bonds. The van der Waals surface area contributed by atoms with Gasteiger partial charge in [0.1, 0.15) is 5.82 Å². The third kappa shape index (κ3) is 11.3. The van der Waals surface area contributed by atoms with Crippen molar-refractivity contribution in [1.82, 2.24) is 4.90 Å². The van der Waals surface area contributed by atoms with Gasteiger partial charge in [-0.1, -0.05) is 34.1 Å². The first-order valence-corrected chi connectivity index (χ1v) is 8.27. The lowest BCUT2D eigenvalue weighted by atomic mass is 10.1. The molecule has 1 atom stereocenters. The van der Waals surface area contributed by atoms with Crippen molar-refractivity contribution in [2.24, 2.45) is 0 Å². The molecule has 0 aromatic heterocycles. The Bertz CT molecular complexity index is 301. The van der Waals surface area contributed by atoms with Crippen LogP contribution in [0.3, 0.4) is 0 Å². The van der Waals surface area contributed by atoms with E-state index in [-0.39, 0.29) is 5.82 Å². The van der Waals surface area contributed by atoms with Crippen molar-refractivity contribution in [3.05, 3.63) is 30.1 Å². The van der Waals surface area contributed by atoms with Gasteiger partial charge in [0, 0.05) is 18.8 Å². The summed E-state index contributed by atoms with van der Waals surface area (Å²) < 4.78 is 12.2. The van der Waals surface area contributed by atoms with Gasteiger partial charge in [-0.05, 0) is 57.6 Å². The SMILES string of the molecule is CC.CC.CC1CCCCN1C.CNc1ccc(F)cc1. The maximum absolute atomic E-state index is 12.2. The summed E-state index contributed by atoms with van der Waals surface area (Å²) in [5, 5.41) is 2.89. The summed E-state index contributed by atoms with van der Waals surface area (Å²) in [5.74, 6) is -0.200. The highest BCUT2D eigenvalue weighted by molar-refractivity contribution is 5.41. The lowest BCUT2D eigenvalue weighted by molar-refractivity contribution is 0.200. The molecule has 1 heterocycles. The van der Waals surface area contributed by atoms with Gasteiger partial charge in [-0.2, -0.15) is 0 Å². The largest absolute Gasteiger partial charge is 0.388 e. The van der Waals surface area contributed by atoms with Crippen molar-refractivity contribution in [1.29, 1.82) is 0 Å². The van der Waals surface area contributed by atoms with E-state index in [0.717, 1.165) is 11.7 Å².